The first-order valence-electron chi connectivity index (χ1n) is 4.42. The van der Waals surface area contributed by atoms with Crippen LogP contribution in [-0.4, -0.2) is 31.3 Å². The van der Waals surface area contributed by atoms with E-state index in [4.69, 9.17) is 5.11 Å². The summed E-state index contributed by atoms with van der Waals surface area (Å²) in [5.74, 6) is -1.52. The zero-order chi connectivity index (χ0) is 11.5. The summed E-state index contributed by atoms with van der Waals surface area (Å²) in [6.07, 6.45) is -0.339. The molecule has 1 aromatic carbocycles. The summed E-state index contributed by atoms with van der Waals surface area (Å²) < 4.78 is 13.3. The van der Waals surface area contributed by atoms with Crippen LogP contribution in [0.1, 0.15) is 5.82 Å². The molecule has 0 spiro atoms. The number of aliphatic carboxylic acids is 1. The Kier molecular flexibility index (Phi) is 2.59. The molecule has 2 aromatic rings. The Labute approximate surface area is 89.3 Å². The molecule has 0 aliphatic heterocycles. The molecule has 0 atom stereocenters. The van der Waals surface area contributed by atoms with Gasteiger partial charge < -0.3 is 5.11 Å². The Morgan fingerprint density at radius 1 is 1.44 bits per heavy atom. The Morgan fingerprint density at radius 3 is 2.88 bits per heavy atom. The van der Waals surface area contributed by atoms with E-state index in [2.05, 4.69) is 15.4 Å². The maximum absolute atomic E-state index is 13.3. The predicted octanol–water partition coefficient (Wildman–Crippen LogP) is 0.428. The molecule has 0 aliphatic rings. The Bertz CT molecular complexity index is 526. The van der Waals surface area contributed by atoms with Gasteiger partial charge in [-0.25, -0.2) is 4.39 Å². The highest BCUT2D eigenvalue weighted by atomic mass is 19.1. The highest BCUT2D eigenvalue weighted by Crippen LogP contribution is 2.09. The van der Waals surface area contributed by atoms with E-state index in [1.54, 1.807) is 6.07 Å². The smallest absolute Gasteiger partial charge is 0.311 e. The van der Waals surface area contributed by atoms with Gasteiger partial charge in [-0.15, -0.1) is 15.0 Å². The van der Waals surface area contributed by atoms with Crippen LogP contribution in [0.25, 0.3) is 5.69 Å². The normalized spacial score (nSPS) is 10.3. The SMILES string of the molecule is O=C(O)Cc1nnn(-c2ccccc2F)n1. The first-order valence-corrected chi connectivity index (χ1v) is 4.42. The largest absolute Gasteiger partial charge is 0.481 e. The lowest BCUT2D eigenvalue weighted by Crippen LogP contribution is -2.04. The molecule has 0 radical (unpaired) electrons. The summed E-state index contributed by atoms with van der Waals surface area (Å²) in [6.45, 7) is 0. The van der Waals surface area contributed by atoms with Crippen LogP contribution in [-0.2, 0) is 11.2 Å². The number of hydrogen-bond donors (Lipinski definition) is 1. The van der Waals surface area contributed by atoms with Gasteiger partial charge in [0, 0.05) is 0 Å². The van der Waals surface area contributed by atoms with Crippen LogP contribution in [0.3, 0.4) is 0 Å². The number of carbonyl (C=O) groups is 1. The first-order chi connectivity index (χ1) is 7.66. The molecule has 0 amide bonds. The van der Waals surface area contributed by atoms with Gasteiger partial charge in [0.05, 0.1) is 0 Å². The quantitative estimate of drug-likeness (QED) is 0.814. The van der Waals surface area contributed by atoms with Gasteiger partial charge in [-0.3, -0.25) is 4.79 Å². The van der Waals surface area contributed by atoms with E-state index in [0.717, 1.165) is 4.80 Å². The van der Waals surface area contributed by atoms with Gasteiger partial charge in [-0.2, -0.15) is 0 Å². The van der Waals surface area contributed by atoms with E-state index >= 15 is 0 Å². The van der Waals surface area contributed by atoms with Gasteiger partial charge in [0.15, 0.2) is 11.6 Å². The fraction of sp³-hybridized carbons (Fsp3) is 0.111. The van der Waals surface area contributed by atoms with E-state index in [0.29, 0.717) is 0 Å². The molecule has 0 fully saturated rings. The fourth-order valence-electron chi connectivity index (χ4n) is 1.17. The molecule has 6 nitrogen and oxygen atoms in total. The molecular formula is C9H7FN4O2. The highest BCUT2D eigenvalue weighted by Gasteiger charge is 2.10. The van der Waals surface area contributed by atoms with Crippen LogP contribution in [0, 0.1) is 5.82 Å². The number of nitrogens with zero attached hydrogens (tertiary/aromatic N) is 4. The molecule has 0 aliphatic carbocycles. The zero-order valence-electron chi connectivity index (χ0n) is 8.04. The van der Waals surface area contributed by atoms with Gasteiger partial charge in [-0.1, -0.05) is 12.1 Å². The first kappa shape index (κ1) is 10.2. The lowest BCUT2D eigenvalue weighted by atomic mass is 10.3. The predicted molar refractivity (Wildman–Crippen MR) is 50.5 cm³/mol. The molecule has 0 saturated carbocycles. The van der Waals surface area contributed by atoms with Crippen LogP contribution >= 0.6 is 0 Å². The van der Waals surface area contributed by atoms with Gasteiger partial charge in [0.25, 0.3) is 0 Å². The summed E-state index contributed by atoms with van der Waals surface area (Å²) in [6, 6.07) is 5.89. The van der Waals surface area contributed by atoms with Crippen molar-refractivity contribution in [3.63, 3.8) is 0 Å². The number of tetrazole rings is 1. The van der Waals surface area contributed by atoms with Crippen LogP contribution in [0.15, 0.2) is 24.3 Å². The highest BCUT2D eigenvalue weighted by molar-refractivity contribution is 5.68. The lowest BCUT2D eigenvalue weighted by molar-refractivity contribution is -0.136. The number of carboxylic acid groups (broad SMARTS) is 1. The molecule has 1 aromatic heterocycles. The van der Waals surface area contributed by atoms with Crippen molar-refractivity contribution >= 4 is 5.97 Å². The molecule has 82 valence electrons. The third-order valence-corrected chi connectivity index (χ3v) is 1.83. The average molecular weight is 222 g/mol. The molecule has 7 heteroatoms. The lowest BCUT2D eigenvalue weighted by Gasteiger charge is -1.98. The van der Waals surface area contributed by atoms with Crippen LogP contribution < -0.4 is 0 Å². The maximum atomic E-state index is 13.3. The monoisotopic (exact) mass is 222 g/mol. The van der Waals surface area contributed by atoms with Crippen molar-refractivity contribution in [3.05, 3.63) is 35.9 Å². The van der Waals surface area contributed by atoms with E-state index in [-0.39, 0.29) is 17.9 Å². The van der Waals surface area contributed by atoms with Crippen molar-refractivity contribution in [2.24, 2.45) is 0 Å². The van der Waals surface area contributed by atoms with Crippen molar-refractivity contribution in [2.45, 2.75) is 6.42 Å². The van der Waals surface area contributed by atoms with Gasteiger partial charge in [0.2, 0.25) is 0 Å². The van der Waals surface area contributed by atoms with E-state index in [1.807, 2.05) is 0 Å². The van der Waals surface area contributed by atoms with Crippen molar-refractivity contribution in [1.29, 1.82) is 0 Å². The molecule has 16 heavy (non-hydrogen) atoms. The van der Waals surface area contributed by atoms with Crippen molar-refractivity contribution < 1.29 is 14.3 Å². The fourth-order valence-corrected chi connectivity index (χ4v) is 1.17. The molecular weight excluding hydrogens is 215 g/mol. The summed E-state index contributed by atoms with van der Waals surface area (Å²) in [5.41, 5.74) is 0.131. The van der Waals surface area contributed by atoms with Gasteiger partial charge >= 0.3 is 5.97 Å². The van der Waals surface area contributed by atoms with Crippen LogP contribution in [0.5, 0.6) is 0 Å². The minimum Gasteiger partial charge on any atom is -0.481 e. The zero-order valence-corrected chi connectivity index (χ0v) is 8.04. The van der Waals surface area contributed by atoms with Crippen molar-refractivity contribution in [3.8, 4) is 5.69 Å². The number of aromatic nitrogens is 4. The summed E-state index contributed by atoms with van der Waals surface area (Å²) in [4.78, 5) is 11.4. The standard InChI is InChI=1S/C9H7FN4O2/c10-6-3-1-2-4-7(6)14-12-8(11-13-14)5-9(15)16/h1-4H,5H2,(H,15,16). The number of benzene rings is 1. The molecule has 2 rings (SSSR count). The molecule has 0 saturated heterocycles. The Hall–Kier alpha value is -2.31. The molecule has 0 unspecified atom stereocenters. The third kappa shape index (κ3) is 2.02. The van der Waals surface area contributed by atoms with Gasteiger partial charge in [-0.05, 0) is 17.3 Å². The van der Waals surface area contributed by atoms with Crippen molar-refractivity contribution in [2.75, 3.05) is 0 Å². The number of rotatable bonds is 3. The van der Waals surface area contributed by atoms with E-state index in [9.17, 15) is 9.18 Å². The maximum Gasteiger partial charge on any atom is 0.311 e. The molecule has 1 heterocycles. The van der Waals surface area contributed by atoms with Gasteiger partial charge in [0.1, 0.15) is 12.1 Å². The number of halogens is 1. The second-order valence-corrected chi connectivity index (χ2v) is 3.02. The summed E-state index contributed by atoms with van der Waals surface area (Å²) >= 11 is 0. The Balaban J connectivity index is 2.32. The van der Waals surface area contributed by atoms with Crippen molar-refractivity contribution in [1.82, 2.24) is 20.2 Å². The summed E-state index contributed by atoms with van der Waals surface area (Å²) in [7, 11) is 0. The number of hydrogen-bond acceptors (Lipinski definition) is 4. The second kappa shape index (κ2) is 4.05. The topological polar surface area (TPSA) is 80.9 Å². The minimum atomic E-state index is -1.06. The molecule has 1 N–H and O–H groups in total. The minimum absolute atomic E-state index is 0.0377. The van der Waals surface area contributed by atoms with E-state index < -0.39 is 11.8 Å². The Morgan fingerprint density at radius 2 is 2.19 bits per heavy atom. The summed E-state index contributed by atoms with van der Waals surface area (Å²) in [5, 5.41) is 19.3. The van der Waals surface area contributed by atoms with E-state index in [1.165, 1.54) is 18.2 Å². The number of carboxylic acids is 1. The third-order valence-electron chi connectivity index (χ3n) is 1.83. The van der Waals surface area contributed by atoms with Crippen LogP contribution in [0.4, 0.5) is 4.39 Å². The number of para-hydroxylation sites is 1. The van der Waals surface area contributed by atoms with Crippen LogP contribution in [0.2, 0.25) is 0 Å². The second-order valence-electron chi connectivity index (χ2n) is 3.02. The molecule has 0 bridgehead atoms. The average Bonchev–Trinajstić information content (AvgIpc) is 2.66.